The number of urea groups is 1. The van der Waals surface area contributed by atoms with E-state index in [4.69, 9.17) is 0 Å². The van der Waals surface area contributed by atoms with Crippen molar-refractivity contribution in [3.63, 3.8) is 0 Å². The van der Waals surface area contributed by atoms with Gasteiger partial charge in [-0.3, -0.25) is 9.67 Å². The molecule has 2 aromatic heterocycles. The standard InChI is InChI=1S/C15H20FN5O/c1-4-12-10(14(5-2)21(3)20-12)8-18-15(22)19-13-6-7-17-9-11(13)16/h6-7,9H,4-5,8H2,1-3H3,(H2,17,18,19,22). The molecule has 0 saturated heterocycles. The number of aryl methyl sites for hydroxylation is 2. The van der Waals surface area contributed by atoms with E-state index in [2.05, 4.69) is 20.7 Å². The van der Waals surface area contributed by atoms with Crippen molar-refractivity contribution in [3.05, 3.63) is 41.2 Å². The van der Waals surface area contributed by atoms with Crippen molar-refractivity contribution < 1.29 is 9.18 Å². The van der Waals surface area contributed by atoms with Crippen LogP contribution >= 0.6 is 0 Å². The van der Waals surface area contributed by atoms with E-state index in [-0.39, 0.29) is 5.69 Å². The number of rotatable bonds is 5. The predicted octanol–water partition coefficient (Wildman–Crippen LogP) is 2.40. The molecule has 0 aliphatic carbocycles. The number of pyridine rings is 1. The number of anilines is 1. The SMILES string of the molecule is CCc1nn(C)c(CC)c1CNC(=O)Nc1ccncc1F. The number of nitrogens with one attached hydrogen (secondary N) is 2. The third kappa shape index (κ3) is 3.41. The molecule has 0 saturated carbocycles. The van der Waals surface area contributed by atoms with Crippen molar-refractivity contribution in [2.75, 3.05) is 5.32 Å². The van der Waals surface area contributed by atoms with Gasteiger partial charge in [0.05, 0.1) is 17.6 Å². The van der Waals surface area contributed by atoms with Gasteiger partial charge in [-0.05, 0) is 18.9 Å². The molecule has 0 fully saturated rings. The summed E-state index contributed by atoms with van der Waals surface area (Å²) in [7, 11) is 1.90. The van der Waals surface area contributed by atoms with Gasteiger partial charge in [0, 0.05) is 31.0 Å². The van der Waals surface area contributed by atoms with Crippen LogP contribution in [0.1, 0.15) is 30.8 Å². The van der Waals surface area contributed by atoms with E-state index >= 15 is 0 Å². The number of carbonyl (C=O) groups is 1. The van der Waals surface area contributed by atoms with Crippen LogP contribution in [0.3, 0.4) is 0 Å². The number of carbonyl (C=O) groups excluding carboxylic acids is 1. The molecule has 2 N–H and O–H groups in total. The zero-order chi connectivity index (χ0) is 16.1. The molecule has 22 heavy (non-hydrogen) atoms. The quantitative estimate of drug-likeness (QED) is 0.891. The third-order valence-corrected chi connectivity index (χ3v) is 3.47. The number of amides is 2. The summed E-state index contributed by atoms with van der Waals surface area (Å²) in [4.78, 5) is 15.5. The van der Waals surface area contributed by atoms with E-state index in [9.17, 15) is 9.18 Å². The topological polar surface area (TPSA) is 71.8 Å². The fraction of sp³-hybridized carbons (Fsp3) is 0.400. The van der Waals surface area contributed by atoms with Gasteiger partial charge in [0.2, 0.25) is 0 Å². The summed E-state index contributed by atoms with van der Waals surface area (Å²) in [5.74, 6) is -0.567. The van der Waals surface area contributed by atoms with Crippen LogP contribution in [0, 0.1) is 5.82 Å². The lowest BCUT2D eigenvalue weighted by atomic mass is 10.1. The lowest BCUT2D eigenvalue weighted by Gasteiger charge is -2.09. The maximum atomic E-state index is 13.4. The highest BCUT2D eigenvalue weighted by Gasteiger charge is 2.14. The van der Waals surface area contributed by atoms with E-state index in [0.717, 1.165) is 36.0 Å². The van der Waals surface area contributed by atoms with Crippen LogP contribution in [-0.2, 0) is 26.4 Å². The smallest absolute Gasteiger partial charge is 0.319 e. The highest BCUT2D eigenvalue weighted by Crippen LogP contribution is 2.15. The molecule has 0 atom stereocenters. The molecule has 0 aliphatic rings. The molecule has 0 bridgehead atoms. The predicted molar refractivity (Wildman–Crippen MR) is 82.0 cm³/mol. The summed E-state index contributed by atoms with van der Waals surface area (Å²) in [5.41, 5.74) is 3.19. The fourth-order valence-electron chi connectivity index (χ4n) is 2.41. The van der Waals surface area contributed by atoms with Crippen LogP contribution < -0.4 is 10.6 Å². The largest absolute Gasteiger partial charge is 0.334 e. The number of halogens is 1. The van der Waals surface area contributed by atoms with Gasteiger partial charge in [-0.2, -0.15) is 5.10 Å². The second-order valence-corrected chi connectivity index (χ2v) is 4.87. The Morgan fingerprint density at radius 2 is 2.14 bits per heavy atom. The van der Waals surface area contributed by atoms with Crippen molar-refractivity contribution in [2.24, 2.45) is 7.05 Å². The molecule has 0 radical (unpaired) electrons. The van der Waals surface area contributed by atoms with E-state index in [1.54, 1.807) is 0 Å². The summed E-state index contributed by atoms with van der Waals surface area (Å²) >= 11 is 0. The van der Waals surface area contributed by atoms with Crippen LogP contribution in [-0.4, -0.2) is 20.8 Å². The monoisotopic (exact) mass is 305 g/mol. The number of hydrogen-bond acceptors (Lipinski definition) is 3. The van der Waals surface area contributed by atoms with Crippen molar-refractivity contribution in [1.82, 2.24) is 20.1 Å². The minimum atomic E-state index is -0.567. The summed E-state index contributed by atoms with van der Waals surface area (Å²) in [6.07, 6.45) is 4.11. The van der Waals surface area contributed by atoms with Crippen molar-refractivity contribution in [2.45, 2.75) is 33.2 Å². The van der Waals surface area contributed by atoms with E-state index in [1.807, 2.05) is 25.6 Å². The lowest BCUT2D eigenvalue weighted by molar-refractivity contribution is 0.251. The Bertz CT molecular complexity index is 668. The minimum Gasteiger partial charge on any atom is -0.334 e. The Morgan fingerprint density at radius 1 is 1.36 bits per heavy atom. The maximum Gasteiger partial charge on any atom is 0.319 e. The zero-order valence-corrected chi connectivity index (χ0v) is 13.0. The van der Waals surface area contributed by atoms with Gasteiger partial charge in [0.15, 0.2) is 5.82 Å². The maximum absolute atomic E-state index is 13.4. The molecule has 7 heteroatoms. The first-order chi connectivity index (χ1) is 10.6. The van der Waals surface area contributed by atoms with Crippen LogP contribution in [0.4, 0.5) is 14.9 Å². The summed E-state index contributed by atoms with van der Waals surface area (Å²) < 4.78 is 15.3. The Kier molecular flexibility index (Phi) is 5.08. The first kappa shape index (κ1) is 15.9. The molecule has 0 unspecified atom stereocenters. The van der Waals surface area contributed by atoms with Crippen LogP contribution in [0.5, 0.6) is 0 Å². The first-order valence-electron chi connectivity index (χ1n) is 7.24. The van der Waals surface area contributed by atoms with E-state index in [0.29, 0.717) is 6.54 Å². The van der Waals surface area contributed by atoms with Gasteiger partial charge < -0.3 is 10.6 Å². The van der Waals surface area contributed by atoms with Gasteiger partial charge in [-0.15, -0.1) is 0 Å². The highest BCUT2D eigenvalue weighted by atomic mass is 19.1. The second kappa shape index (κ2) is 7.02. The Hall–Kier alpha value is -2.44. The number of aromatic nitrogens is 3. The Labute approximate surface area is 128 Å². The van der Waals surface area contributed by atoms with Gasteiger partial charge in [0.1, 0.15) is 0 Å². The molecule has 6 nitrogen and oxygen atoms in total. The average molecular weight is 305 g/mol. The zero-order valence-electron chi connectivity index (χ0n) is 13.0. The van der Waals surface area contributed by atoms with Crippen molar-refractivity contribution in [3.8, 4) is 0 Å². The molecule has 2 amide bonds. The molecular formula is C15H20FN5O. The molecule has 0 aliphatic heterocycles. The van der Waals surface area contributed by atoms with Crippen molar-refractivity contribution >= 4 is 11.7 Å². The molecule has 2 rings (SSSR count). The van der Waals surface area contributed by atoms with Gasteiger partial charge in [0.25, 0.3) is 0 Å². The van der Waals surface area contributed by atoms with E-state index < -0.39 is 11.8 Å². The van der Waals surface area contributed by atoms with Crippen molar-refractivity contribution in [1.29, 1.82) is 0 Å². The molecule has 0 aromatic carbocycles. The average Bonchev–Trinajstić information content (AvgIpc) is 2.82. The Balaban J connectivity index is 2.04. The van der Waals surface area contributed by atoms with Gasteiger partial charge in [-0.1, -0.05) is 13.8 Å². The number of hydrogen-bond donors (Lipinski definition) is 2. The molecule has 0 spiro atoms. The van der Waals surface area contributed by atoms with Crippen LogP contribution in [0.25, 0.3) is 0 Å². The third-order valence-electron chi connectivity index (χ3n) is 3.47. The lowest BCUT2D eigenvalue weighted by Crippen LogP contribution is -2.29. The van der Waals surface area contributed by atoms with Crippen LogP contribution in [0.2, 0.25) is 0 Å². The minimum absolute atomic E-state index is 0.102. The van der Waals surface area contributed by atoms with E-state index in [1.165, 1.54) is 12.3 Å². The van der Waals surface area contributed by atoms with Gasteiger partial charge >= 0.3 is 6.03 Å². The summed E-state index contributed by atoms with van der Waals surface area (Å²) in [6.45, 7) is 4.43. The summed E-state index contributed by atoms with van der Waals surface area (Å²) in [6, 6.07) is 0.951. The molecule has 2 aromatic rings. The summed E-state index contributed by atoms with van der Waals surface area (Å²) in [5, 5.41) is 9.67. The molecular weight excluding hydrogens is 285 g/mol. The fourth-order valence-corrected chi connectivity index (χ4v) is 2.41. The highest BCUT2D eigenvalue weighted by molar-refractivity contribution is 5.89. The molecule has 118 valence electrons. The first-order valence-corrected chi connectivity index (χ1v) is 7.24. The van der Waals surface area contributed by atoms with Gasteiger partial charge in [-0.25, -0.2) is 9.18 Å². The Morgan fingerprint density at radius 3 is 2.77 bits per heavy atom. The number of nitrogens with zero attached hydrogens (tertiary/aromatic N) is 3. The normalized spacial score (nSPS) is 10.5. The van der Waals surface area contributed by atoms with Crippen LogP contribution in [0.15, 0.2) is 18.5 Å². The second-order valence-electron chi connectivity index (χ2n) is 4.87. The molecule has 2 heterocycles.